The molecule has 0 amide bonds. The van der Waals surface area contributed by atoms with Crippen LogP contribution in [0, 0.1) is 6.92 Å². The number of thiol groups is 1. The van der Waals surface area contributed by atoms with Gasteiger partial charge < -0.3 is 0 Å². The second-order valence-electron chi connectivity index (χ2n) is 3.08. The van der Waals surface area contributed by atoms with Crippen LogP contribution in [-0.2, 0) is 0 Å². The van der Waals surface area contributed by atoms with Gasteiger partial charge in [-0.25, -0.2) is 0 Å². The van der Waals surface area contributed by atoms with Crippen LogP contribution in [0.1, 0.15) is 5.56 Å². The van der Waals surface area contributed by atoms with Crippen LogP contribution in [0.4, 0.5) is 0 Å². The second kappa shape index (κ2) is 3.63. The molecule has 1 N–H and O–H groups in total. The summed E-state index contributed by atoms with van der Waals surface area (Å²) in [4.78, 5) is 11.4. The fraction of sp³-hybridized carbons (Fsp3) is 0.100. The topological polar surface area (TPSA) is 32.9 Å². The minimum Gasteiger partial charge on any atom is -0.276 e. The van der Waals surface area contributed by atoms with Crippen molar-refractivity contribution in [1.29, 1.82) is 0 Å². The number of hydrogen-bond acceptors (Lipinski definition) is 3. The Kier molecular flexibility index (Phi) is 2.48. The smallest absolute Gasteiger partial charge is 0.267 e. The van der Waals surface area contributed by atoms with E-state index in [1.54, 1.807) is 0 Å². The van der Waals surface area contributed by atoms with Gasteiger partial charge in [-0.2, -0.15) is 0 Å². The van der Waals surface area contributed by atoms with E-state index < -0.39 is 0 Å². The van der Waals surface area contributed by atoms with E-state index in [0.29, 0.717) is 5.56 Å². The van der Waals surface area contributed by atoms with Crippen molar-refractivity contribution in [3.05, 3.63) is 40.2 Å². The van der Waals surface area contributed by atoms with Crippen LogP contribution in [0.5, 0.6) is 0 Å². The van der Waals surface area contributed by atoms with Crippen molar-refractivity contribution in [2.45, 2.75) is 11.1 Å². The highest BCUT2D eigenvalue weighted by molar-refractivity contribution is 7.82. The molecular formula is C10H9NOS2. The molecule has 0 fully saturated rings. The molecule has 0 aliphatic rings. The minimum atomic E-state index is -0.0659. The van der Waals surface area contributed by atoms with Crippen LogP contribution >= 0.6 is 24.2 Å². The molecule has 0 radical (unpaired) electrons. The van der Waals surface area contributed by atoms with E-state index in [1.807, 2.05) is 31.2 Å². The summed E-state index contributed by atoms with van der Waals surface area (Å²) < 4.78 is 3.39. The second-order valence-corrected chi connectivity index (χ2v) is 4.65. The van der Waals surface area contributed by atoms with Crippen LogP contribution in [0.3, 0.4) is 0 Å². The third kappa shape index (κ3) is 1.63. The van der Waals surface area contributed by atoms with Gasteiger partial charge in [-0.1, -0.05) is 41.4 Å². The predicted octanol–water partition coefficient (Wildman–Crippen LogP) is 2.70. The van der Waals surface area contributed by atoms with E-state index in [9.17, 15) is 4.79 Å². The Morgan fingerprint density at radius 3 is 2.43 bits per heavy atom. The number of aryl methyl sites for hydroxylation is 1. The third-order valence-electron chi connectivity index (χ3n) is 2.02. The van der Waals surface area contributed by atoms with Crippen molar-refractivity contribution < 1.29 is 0 Å². The number of benzene rings is 1. The lowest BCUT2D eigenvalue weighted by molar-refractivity contribution is 1.40. The van der Waals surface area contributed by atoms with E-state index in [0.717, 1.165) is 9.77 Å². The van der Waals surface area contributed by atoms with Crippen LogP contribution in [0.15, 0.2) is 33.3 Å². The molecule has 0 saturated carbocycles. The largest absolute Gasteiger partial charge is 0.276 e. The SMILES string of the molecule is Cc1ccc(-c2c(S)s[nH]c2=O)cc1. The van der Waals surface area contributed by atoms with E-state index in [2.05, 4.69) is 17.0 Å². The lowest BCUT2D eigenvalue weighted by Gasteiger charge is -1.97. The molecule has 0 aliphatic heterocycles. The summed E-state index contributed by atoms with van der Waals surface area (Å²) in [6, 6.07) is 7.85. The average molecular weight is 223 g/mol. The molecule has 0 atom stereocenters. The van der Waals surface area contributed by atoms with Crippen LogP contribution in [-0.4, -0.2) is 4.37 Å². The third-order valence-corrected chi connectivity index (χ3v) is 3.20. The summed E-state index contributed by atoms with van der Waals surface area (Å²) in [6.07, 6.45) is 0. The van der Waals surface area contributed by atoms with Crippen molar-refractivity contribution in [2.75, 3.05) is 0 Å². The van der Waals surface area contributed by atoms with Crippen LogP contribution in [0.25, 0.3) is 11.1 Å². The minimum absolute atomic E-state index is 0.0659. The zero-order valence-electron chi connectivity index (χ0n) is 7.57. The molecule has 0 bridgehead atoms. The maximum Gasteiger partial charge on any atom is 0.267 e. The van der Waals surface area contributed by atoms with Crippen molar-refractivity contribution in [1.82, 2.24) is 4.37 Å². The number of aromatic nitrogens is 1. The molecule has 0 saturated heterocycles. The molecule has 1 aromatic carbocycles. The summed E-state index contributed by atoms with van der Waals surface area (Å²) in [7, 11) is 0. The number of rotatable bonds is 1. The quantitative estimate of drug-likeness (QED) is 0.716. The molecule has 0 unspecified atom stereocenters. The Labute approximate surface area is 91.2 Å². The highest BCUT2D eigenvalue weighted by atomic mass is 32.2. The molecule has 2 rings (SSSR count). The van der Waals surface area contributed by atoms with Gasteiger partial charge in [0.25, 0.3) is 5.56 Å². The van der Waals surface area contributed by atoms with Gasteiger partial charge in [0.1, 0.15) is 0 Å². The summed E-state index contributed by atoms with van der Waals surface area (Å²) in [5, 5.41) is 0. The van der Waals surface area contributed by atoms with Gasteiger partial charge in [-0.15, -0.1) is 12.6 Å². The van der Waals surface area contributed by atoms with Gasteiger partial charge >= 0.3 is 0 Å². The van der Waals surface area contributed by atoms with Gasteiger partial charge in [-0.3, -0.25) is 9.17 Å². The zero-order valence-corrected chi connectivity index (χ0v) is 9.28. The Hall–Kier alpha value is -1.00. The molecule has 1 heterocycles. The summed E-state index contributed by atoms with van der Waals surface area (Å²) >= 11 is 5.50. The Morgan fingerprint density at radius 1 is 1.29 bits per heavy atom. The first-order valence-corrected chi connectivity index (χ1v) is 5.42. The van der Waals surface area contributed by atoms with Crippen molar-refractivity contribution in [3.8, 4) is 11.1 Å². The molecule has 2 nitrogen and oxygen atoms in total. The van der Waals surface area contributed by atoms with Gasteiger partial charge in [-0.05, 0) is 12.5 Å². The summed E-state index contributed by atoms with van der Waals surface area (Å²) in [5.74, 6) is 0. The number of nitrogens with one attached hydrogen (secondary N) is 1. The van der Waals surface area contributed by atoms with Gasteiger partial charge in [0.05, 0.1) is 9.77 Å². The molecule has 1 aromatic heterocycles. The Balaban J connectivity index is 2.60. The molecule has 72 valence electrons. The lowest BCUT2D eigenvalue weighted by atomic mass is 10.1. The highest BCUT2D eigenvalue weighted by Gasteiger charge is 2.08. The first-order valence-electron chi connectivity index (χ1n) is 4.16. The highest BCUT2D eigenvalue weighted by Crippen LogP contribution is 2.25. The van der Waals surface area contributed by atoms with E-state index in [4.69, 9.17) is 0 Å². The molecule has 2 aromatic rings. The van der Waals surface area contributed by atoms with Crippen LogP contribution < -0.4 is 5.56 Å². The van der Waals surface area contributed by atoms with Crippen molar-refractivity contribution in [3.63, 3.8) is 0 Å². The Morgan fingerprint density at radius 2 is 1.93 bits per heavy atom. The van der Waals surface area contributed by atoms with Gasteiger partial charge in [0.2, 0.25) is 0 Å². The monoisotopic (exact) mass is 223 g/mol. The molecule has 4 heteroatoms. The predicted molar refractivity (Wildman–Crippen MR) is 62.4 cm³/mol. The van der Waals surface area contributed by atoms with E-state index in [1.165, 1.54) is 17.1 Å². The lowest BCUT2D eigenvalue weighted by Crippen LogP contribution is -2.00. The fourth-order valence-electron chi connectivity index (χ4n) is 1.27. The first kappa shape index (κ1) is 9.55. The van der Waals surface area contributed by atoms with E-state index >= 15 is 0 Å². The standard InChI is InChI=1S/C10H9NOS2/c1-6-2-4-7(5-3-6)8-9(12)11-14-10(8)13/h2-5,13H,1H3,(H,11,12). The molecular weight excluding hydrogens is 214 g/mol. The number of H-pyrrole nitrogens is 1. The molecule has 14 heavy (non-hydrogen) atoms. The maximum absolute atomic E-state index is 11.4. The van der Waals surface area contributed by atoms with Crippen molar-refractivity contribution >= 4 is 24.2 Å². The number of hydrogen-bond donors (Lipinski definition) is 2. The Bertz CT molecular complexity index is 496. The summed E-state index contributed by atoms with van der Waals surface area (Å²) in [6.45, 7) is 2.02. The van der Waals surface area contributed by atoms with E-state index in [-0.39, 0.29) is 5.56 Å². The fourth-order valence-corrected chi connectivity index (χ4v) is 2.24. The molecule has 0 aliphatic carbocycles. The van der Waals surface area contributed by atoms with Crippen molar-refractivity contribution in [2.24, 2.45) is 0 Å². The first-order chi connectivity index (χ1) is 6.68. The maximum atomic E-state index is 11.4. The van der Waals surface area contributed by atoms with Gasteiger partial charge in [0, 0.05) is 0 Å². The average Bonchev–Trinajstić information content (AvgIpc) is 2.49. The van der Waals surface area contributed by atoms with Gasteiger partial charge in [0.15, 0.2) is 0 Å². The number of aromatic amines is 1. The zero-order chi connectivity index (χ0) is 10.1. The summed E-state index contributed by atoms with van der Waals surface area (Å²) in [5.41, 5.74) is 2.70. The molecule has 0 spiro atoms. The normalized spacial score (nSPS) is 10.4. The van der Waals surface area contributed by atoms with Crippen LogP contribution in [0.2, 0.25) is 0 Å².